The highest BCUT2D eigenvalue weighted by atomic mass is 32.2. The molecule has 0 saturated carbocycles. The van der Waals surface area contributed by atoms with Crippen molar-refractivity contribution in [3.8, 4) is 0 Å². The number of carboxylic acids is 1. The smallest absolute Gasteiger partial charge is 0.262 e. The SMILES string of the molecule is O=C(C[C@H]1SC(N2CCCC2)=NC1=O)Nc1ccc(C(=O)[O-])cc1. The summed E-state index contributed by atoms with van der Waals surface area (Å²) >= 11 is 1.34. The van der Waals surface area contributed by atoms with E-state index in [0.29, 0.717) is 10.9 Å². The number of aromatic carboxylic acids is 1. The van der Waals surface area contributed by atoms with Gasteiger partial charge in [0.05, 0.1) is 5.97 Å². The number of carboxylic acid groups (broad SMARTS) is 1. The molecule has 1 aromatic rings. The average Bonchev–Trinajstić information content (AvgIpc) is 3.18. The van der Waals surface area contributed by atoms with Gasteiger partial charge >= 0.3 is 0 Å². The first kappa shape index (κ1) is 16.5. The number of anilines is 1. The van der Waals surface area contributed by atoms with Crippen LogP contribution in [0.5, 0.6) is 0 Å². The first-order valence-corrected chi connectivity index (χ1v) is 8.56. The molecule has 0 bridgehead atoms. The van der Waals surface area contributed by atoms with Gasteiger partial charge in [-0.25, -0.2) is 0 Å². The number of nitrogens with one attached hydrogen (secondary N) is 1. The van der Waals surface area contributed by atoms with Crippen LogP contribution in [-0.2, 0) is 9.59 Å². The molecule has 3 rings (SSSR count). The summed E-state index contributed by atoms with van der Waals surface area (Å²) in [6.45, 7) is 1.81. The van der Waals surface area contributed by atoms with Crippen LogP contribution in [0.3, 0.4) is 0 Å². The Balaban J connectivity index is 1.53. The molecule has 8 heteroatoms. The predicted molar refractivity (Wildman–Crippen MR) is 88.6 cm³/mol. The molecule has 1 N–H and O–H groups in total. The summed E-state index contributed by atoms with van der Waals surface area (Å²) in [5, 5.41) is 13.6. The first-order chi connectivity index (χ1) is 11.5. The zero-order valence-electron chi connectivity index (χ0n) is 12.9. The molecular weight excluding hydrogens is 330 g/mol. The Labute approximate surface area is 143 Å². The molecule has 1 saturated heterocycles. The average molecular weight is 346 g/mol. The summed E-state index contributed by atoms with van der Waals surface area (Å²) in [4.78, 5) is 40.9. The van der Waals surface area contributed by atoms with E-state index in [9.17, 15) is 19.5 Å². The van der Waals surface area contributed by atoms with Gasteiger partial charge in [-0.2, -0.15) is 4.99 Å². The van der Waals surface area contributed by atoms with Crippen molar-refractivity contribution in [1.29, 1.82) is 0 Å². The number of aliphatic imine (C=N–C) groups is 1. The summed E-state index contributed by atoms with van der Waals surface area (Å²) < 4.78 is 0. The Morgan fingerprint density at radius 1 is 1.25 bits per heavy atom. The number of benzene rings is 1. The Bertz CT molecular complexity index is 696. The minimum Gasteiger partial charge on any atom is -0.545 e. The number of rotatable bonds is 4. The van der Waals surface area contributed by atoms with E-state index in [1.165, 1.54) is 36.0 Å². The van der Waals surface area contributed by atoms with Gasteiger partial charge in [-0.3, -0.25) is 9.59 Å². The largest absolute Gasteiger partial charge is 0.545 e. The third-order valence-corrected chi connectivity index (χ3v) is 5.09. The number of hydrogen-bond donors (Lipinski definition) is 1. The molecule has 0 spiro atoms. The van der Waals surface area contributed by atoms with Gasteiger partial charge in [-0.1, -0.05) is 23.9 Å². The van der Waals surface area contributed by atoms with Crippen LogP contribution >= 0.6 is 11.8 Å². The topological polar surface area (TPSA) is 102 Å². The third-order valence-electron chi connectivity index (χ3n) is 3.88. The highest BCUT2D eigenvalue weighted by molar-refractivity contribution is 8.15. The second-order valence-electron chi connectivity index (χ2n) is 5.65. The molecule has 2 amide bonds. The lowest BCUT2D eigenvalue weighted by atomic mass is 10.2. The highest BCUT2D eigenvalue weighted by Gasteiger charge is 2.33. The van der Waals surface area contributed by atoms with E-state index in [1.807, 2.05) is 0 Å². The monoisotopic (exact) mass is 346 g/mol. The van der Waals surface area contributed by atoms with Gasteiger partial charge in [-0.05, 0) is 30.5 Å². The van der Waals surface area contributed by atoms with Crippen LogP contribution in [0.15, 0.2) is 29.3 Å². The van der Waals surface area contributed by atoms with E-state index >= 15 is 0 Å². The van der Waals surface area contributed by atoms with Crippen LogP contribution < -0.4 is 10.4 Å². The Hall–Kier alpha value is -2.35. The molecule has 1 fully saturated rings. The van der Waals surface area contributed by atoms with Gasteiger partial charge in [0.2, 0.25) is 5.91 Å². The zero-order valence-corrected chi connectivity index (χ0v) is 13.7. The number of amides is 2. The number of carbonyl (C=O) groups is 3. The number of nitrogens with zero attached hydrogens (tertiary/aromatic N) is 2. The first-order valence-electron chi connectivity index (χ1n) is 7.68. The van der Waals surface area contributed by atoms with Gasteiger partial charge in [0.1, 0.15) is 5.25 Å². The fraction of sp³-hybridized carbons (Fsp3) is 0.375. The molecule has 126 valence electrons. The van der Waals surface area contributed by atoms with Crippen molar-refractivity contribution in [3.05, 3.63) is 29.8 Å². The number of hydrogen-bond acceptors (Lipinski definition) is 6. The minimum absolute atomic E-state index is 0.0343. The molecule has 2 aliphatic rings. The van der Waals surface area contributed by atoms with E-state index in [4.69, 9.17) is 0 Å². The number of carbonyl (C=O) groups excluding carboxylic acids is 3. The molecule has 0 radical (unpaired) electrons. The minimum atomic E-state index is -1.27. The maximum atomic E-state index is 12.1. The number of likely N-dealkylation sites (tertiary alicyclic amines) is 1. The van der Waals surface area contributed by atoms with Crippen molar-refractivity contribution < 1.29 is 19.5 Å². The Kier molecular flexibility index (Phi) is 4.84. The van der Waals surface area contributed by atoms with Gasteiger partial charge in [0.15, 0.2) is 5.17 Å². The second-order valence-corrected chi connectivity index (χ2v) is 6.82. The van der Waals surface area contributed by atoms with Crippen LogP contribution in [0.25, 0.3) is 0 Å². The van der Waals surface area contributed by atoms with E-state index in [2.05, 4.69) is 15.2 Å². The molecule has 0 unspecified atom stereocenters. The van der Waals surface area contributed by atoms with Gasteiger partial charge < -0.3 is 20.1 Å². The maximum Gasteiger partial charge on any atom is 0.262 e. The van der Waals surface area contributed by atoms with Gasteiger partial charge in [0.25, 0.3) is 5.91 Å². The van der Waals surface area contributed by atoms with Gasteiger partial charge in [-0.15, -0.1) is 0 Å². The predicted octanol–water partition coefficient (Wildman–Crippen LogP) is 0.472. The fourth-order valence-electron chi connectivity index (χ4n) is 2.62. The van der Waals surface area contributed by atoms with Gasteiger partial charge in [0, 0.05) is 25.2 Å². The summed E-state index contributed by atoms with van der Waals surface area (Å²) in [5.41, 5.74) is 0.513. The van der Waals surface area contributed by atoms with Crippen LogP contribution in [0.1, 0.15) is 29.6 Å². The van der Waals surface area contributed by atoms with E-state index in [-0.39, 0.29) is 23.8 Å². The van der Waals surface area contributed by atoms with Crippen LogP contribution in [0, 0.1) is 0 Å². The quantitative estimate of drug-likeness (QED) is 0.850. The Morgan fingerprint density at radius 2 is 1.92 bits per heavy atom. The summed E-state index contributed by atoms with van der Waals surface area (Å²) in [6.07, 6.45) is 2.23. The molecule has 2 aliphatic heterocycles. The number of thioether (sulfide) groups is 1. The molecule has 7 nitrogen and oxygen atoms in total. The molecule has 0 aliphatic carbocycles. The van der Waals surface area contributed by atoms with Crippen molar-refractivity contribution in [3.63, 3.8) is 0 Å². The van der Waals surface area contributed by atoms with Crippen LogP contribution in [0.4, 0.5) is 5.69 Å². The van der Waals surface area contributed by atoms with Crippen molar-refractivity contribution in [2.24, 2.45) is 4.99 Å². The van der Waals surface area contributed by atoms with Crippen molar-refractivity contribution in [2.45, 2.75) is 24.5 Å². The molecule has 24 heavy (non-hydrogen) atoms. The lowest BCUT2D eigenvalue weighted by Crippen LogP contribution is -2.25. The standard InChI is InChI=1S/C16H17N3O4S/c20-13(17-11-5-3-10(4-6-11)15(22)23)9-12-14(21)18-16(24-12)19-7-1-2-8-19/h3-6,12H,1-2,7-9H2,(H,17,20)(H,22,23)/p-1/t12-/m1/s1. The van der Waals surface area contributed by atoms with E-state index < -0.39 is 11.2 Å². The lowest BCUT2D eigenvalue weighted by Gasteiger charge is -2.16. The summed E-state index contributed by atoms with van der Waals surface area (Å²) in [7, 11) is 0. The lowest BCUT2D eigenvalue weighted by molar-refractivity contribution is -0.255. The van der Waals surface area contributed by atoms with E-state index in [0.717, 1.165) is 25.9 Å². The number of amidine groups is 1. The maximum absolute atomic E-state index is 12.1. The van der Waals surface area contributed by atoms with Crippen molar-refractivity contribution in [2.75, 3.05) is 18.4 Å². The van der Waals surface area contributed by atoms with E-state index in [1.54, 1.807) is 0 Å². The van der Waals surface area contributed by atoms with Crippen LogP contribution in [-0.4, -0.2) is 46.2 Å². The second kappa shape index (κ2) is 7.04. The third kappa shape index (κ3) is 3.76. The van der Waals surface area contributed by atoms with Crippen molar-refractivity contribution >= 4 is 40.4 Å². The molecule has 1 aromatic carbocycles. The molecular formula is C16H16N3O4S-. The van der Waals surface area contributed by atoms with Crippen molar-refractivity contribution in [1.82, 2.24) is 4.90 Å². The summed E-state index contributed by atoms with van der Waals surface area (Å²) in [6, 6.07) is 5.68. The summed E-state index contributed by atoms with van der Waals surface area (Å²) in [5.74, 6) is -1.85. The van der Waals surface area contributed by atoms with Crippen LogP contribution in [0.2, 0.25) is 0 Å². The Morgan fingerprint density at radius 3 is 2.54 bits per heavy atom. The molecule has 0 aromatic heterocycles. The fourth-order valence-corrected chi connectivity index (χ4v) is 3.74. The molecule has 2 heterocycles. The molecule has 1 atom stereocenters. The highest BCUT2D eigenvalue weighted by Crippen LogP contribution is 2.29. The zero-order chi connectivity index (χ0) is 17.1. The normalized spacial score (nSPS) is 20.2.